The SMILES string of the molecule is Cc1ccc2c(c1)c(C1CCCCCCC1)nc1ccccc12. The van der Waals surface area contributed by atoms with Gasteiger partial charge in [0.15, 0.2) is 0 Å². The first kappa shape index (κ1) is 14.7. The van der Waals surface area contributed by atoms with E-state index in [1.165, 1.54) is 72.4 Å². The number of nitrogens with zero attached hydrogens (tertiary/aromatic N) is 1. The second kappa shape index (κ2) is 6.31. The van der Waals surface area contributed by atoms with Crippen molar-refractivity contribution in [2.24, 2.45) is 0 Å². The molecule has 3 aromatic rings. The van der Waals surface area contributed by atoms with Crippen molar-refractivity contribution in [1.29, 1.82) is 0 Å². The van der Waals surface area contributed by atoms with E-state index < -0.39 is 0 Å². The molecule has 1 saturated carbocycles. The van der Waals surface area contributed by atoms with Gasteiger partial charge in [-0.25, -0.2) is 0 Å². The van der Waals surface area contributed by atoms with Gasteiger partial charge in [-0.1, -0.05) is 68.0 Å². The molecular formula is C22H25N. The molecule has 118 valence electrons. The van der Waals surface area contributed by atoms with Crippen molar-refractivity contribution in [1.82, 2.24) is 4.98 Å². The highest BCUT2D eigenvalue weighted by molar-refractivity contribution is 6.06. The fourth-order valence-electron chi connectivity index (χ4n) is 4.13. The Labute approximate surface area is 138 Å². The highest BCUT2D eigenvalue weighted by atomic mass is 14.7. The van der Waals surface area contributed by atoms with Crippen LogP contribution in [0.5, 0.6) is 0 Å². The minimum Gasteiger partial charge on any atom is -0.252 e. The molecule has 1 heterocycles. The number of rotatable bonds is 1. The number of aromatic nitrogens is 1. The molecule has 2 aromatic carbocycles. The van der Waals surface area contributed by atoms with Crippen LogP contribution in [0.15, 0.2) is 42.5 Å². The Morgan fingerprint density at radius 1 is 0.783 bits per heavy atom. The van der Waals surface area contributed by atoms with Gasteiger partial charge in [0, 0.05) is 16.7 Å². The van der Waals surface area contributed by atoms with Crippen LogP contribution < -0.4 is 0 Å². The zero-order valence-corrected chi connectivity index (χ0v) is 14.0. The van der Waals surface area contributed by atoms with Crippen LogP contribution in [-0.4, -0.2) is 4.98 Å². The summed E-state index contributed by atoms with van der Waals surface area (Å²) in [5.41, 5.74) is 3.84. The fourth-order valence-corrected chi connectivity index (χ4v) is 4.13. The van der Waals surface area contributed by atoms with E-state index in [0.29, 0.717) is 5.92 Å². The molecule has 1 heteroatoms. The third kappa shape index (κ3) is 2.85. The Bertz CT molecular complexity index is 826. The van der Waals surface area contributed by atoms with Gasteiger partial charge in [0.2, 0.25) is 0 Å². The molecule has 0 bridgehead atoms. The summed E-state index contributed by atoms with van der Waals surface area (Å²) in [5.74, 6) is 0.629. The highest BCUT2D eigenvalue weighted by Gasteiger charge is 2.19. The minimum absolute atomic E-state index is 0.629. The van der Waals surface area contributed by atoms with E-state index in [0.717, 1.165) is 5.52 Å². The van der Waals surface area contributed by atoms with Crippen LogP contribution in [0, 0.1) is 6.92 Å². The standard InChI is InChI=1S/C22H25N/c1-16-13-14-18-19-11-7-8-12-21(19)23-22(20(18)15-16)17-9-5-3-2-4-6-10-17/h7-8,11-15,17H,2-6,9-10H2,1H3. The Morgan fingerprint density at radius 2 is 1.52 bits per heavy atom. The van der Waals surface area contributed by atoms with Crippen molar-refractivity contribution in [2.45, 2.75) is 57.8 Å². The summed E-state index contributed by atoms with van der Waals surface area (Å²) in [6, 6.07) is 15.5. The zero-order chi connectivity index (χ0) is 15.6. The first-order valence-electron chi connectivity index (χ1n) is 9.12. The van der Waals surface area contributed by atoms with Gasteiger partial charge < -0.3 is 0 Å². The highest BCUT2D eigenvalue weighted by Crippen LogP contribution is 2.36. The summed E-state index contributed by atoms with van der Waals surface area (Å²) in [6.45, 7) is 2.19. The molecule has 0 atom stereocenters. The van der Waals surface area contributed by atoms with Crippen molar-refractivity contribution in [3.63, 3.8) is 0 Å². The fraction of sp³-hybridized carbons (Fsp3) is 0.409. The summed E-state index contributed by atoms with van der Waals surface area (Å²) in [5, 5.41) is 4.05. The molecule has 0 aliphatic heterocycles. The first-order chi connectivity index (χ1) is 11.3. The minimum atomic E-state index is 0.629. The van der Waals surface area contributed by atoms with Crippen molar-refractivity contribution in [2.75, 3.05) is 0 Å². The van der Waals surface area contributed by atoms with E-state index >= 15 is 0 Å². The van der Waals surface area contributed by atoms with E-state index in [2.05, 4.69) is 49.4 Å². The van der Waals surface area contributed by atoms with Crippen LogP contribution in [0.25, 0.3) is 21.7 Å². The molecule has 4 rings (SSSR count). The second-order valence-corrected chi connectivity index (χ2v) is 7.11. The summed E-state index contributed by atoms with van der Waals surface area (Å²) in [6.07, 6.45) is 9.50. The lowest BCUT2D eigenvalue weighted by molar-refractivity contribution is 0.452. The van der Waals surface area contributed by atoms with Crippen LogP contribution in [0.1, 0.15) is 62.1 Å². The number of aryl methyl sites for hydroxylation is 1. The Morgan fingerprint density at radius 3 is 2.35 bits per heavy atom. The predicted octanol–water partition coefficient (Wildman–Crippen LogP) is 6.52. The molecule has 0 saturated heterocycles. The quantitative estimate of drug-likeness (QED) is 0.466. The normalized spacial score (nSPS) is 17.3. The summed E-state index contributed by atoms with van der Waals surface area (Å²) in [4.78, 5) is 5.14. The molecule has 1 aromatic heterocycles. The second-order valence-electron chi connectivity index (χ2n) is 7.11. The largest absolute Gasteiger partial charge is 0.252 e. The van der Waals surface area contributed by atoms with Crippen LogP contribution >= 0.6 is 0 Å². The topological polar surface area (TPSA) is 12.9 Å². The van der Waals surface area contributed by atoms with Gasteiger partial charge in [-0.05, 0) is 37.3 Å². The molecule has 23 heavy (non-hydrogen) atoms. The van der Waals surface area contributed by atoms with Crippen LogP contribution in [0.3, 0.4) is 0 Å². The Kier molecular flexibility index (Phi) is 4.03. The van der Waals surface area contributed by atoms with E-state index in [9.17, 15) is 0 Å². The van der Waals surface area contributed by atoms with Gasteiger partial charge >= 0.3 is 0 Å². The molecule has 0 radical (unpaired) electrons. The predicted molar refractivity (Wildman–Crippen MR) is 99.0 cm³/mol. The number of hydrogen-bond donors (Lipinski definition) is 0. The van der Waals surface area contributed by atoms with E-state index in [4.69, 9.17) is 4.98 Å². The van der Waals surface area contributed by atoms with Crippen LogP contribution in [-0.2, 0) is 0 Å². The maximum atomic E-state index is 5.14. The lowest BCUT2D eigenvalue weighted by Gasteiger charge is -2.21. The smallest absolute Gasteiger partial charge is 0.0711 e. The molecule has 0 unspecified atom stereocenters. The molecule has 0 N–H and O–H groups in total. The molecule has 1 fully saturated rings. The number of fused-ring (bicyclic) bond motifs is 3. The van der Waals surface area contributed by atoms with Crippen molar-refractivity contribution >= 4 is 21.7 Å². The lowest BCUT2D eigenvalue weighted by Crippen LogP contribution is -2.06. The molecule has 1 aliphatic rings. The maximum absolute atomic E-state index is 5.14. The lowest BCUT2D eigenvalue weighted by atomic mass is 9.86. The van der Waals surface area contributed by atoms with Gasteiger partial charge in [-0.15, -0.1) is 0 Å². The summed E-state index contributed by atoms with van der Waals surface area (Å²) >= 11 is 0. The van der Waals surface area contributed by atoms with Crippen molar-refractivity contribution < 1.29 is 0 Å². The van der Waals surface area contributed by atoms with Gasteiger partial charge in [-0.3, -0.25) is 4.98 Å². The third-order valence-electron chi connectivity index (χ3n) is 5.38. The Hall–Kier alpha value is -1.89. The molecular weight excluding hydrogens is 278 g/mol. The summed E-state index contributed by atoms with van der Waals surface area (Å²) in [7, 11) is 0. The average Bonchev–Trinajstić information content (AvgIpc) is 2.54. The molecule has 0 amide bonds. The Balaban J connectivity index is 1.93. The van der Waals surface area contributed by atoms with Crippen LogP contribution in [0.4, 0.5) is 0 Å². The monoisotopic (exact) mass is 303 g/mol. The molecule has 1 nitrogen and oxygen atoms in total. The number of pyridine rings is 1. The maximum Gasteiger partial charge on any atom is 0.0711 e. The van der Waals surface area contributed by atoms with Gasteiger partial charge in [0.05, 0.1) is 11.2 Å². The van der Waals surface area contributed by atoms with Crippen molar-refractivity contribution in [3.05, 3.63) is 53.7 Å². The molecule has 1 aliphatic carbocycles. The van der Waals surface area contributed by atoms with Gasteiger partial charge in [0.1, 0.15) is 0 Å². The van der Waals surface area contributed by atoms with Gasteiger partial charge in [0.25, 0.3) is 0 Å². The first-order valence-corrected chi connectivity index (χ1v) is 9.12. The van der Waals surface area contributed by atoms with E-state index in [1.54, 1.807) is 0 Å². The van der Waals surface area contributed by atoms with Gasteiger partial charge in [-0.2, -0.15) is 0 Å². The van der Waals surface area contributed by atoms with Crippen LogP contribution in [0.2, 0.25) is 0 Å². The number of hydrogen-bond acceptors (Lipinski definition) is 1. The molecule has 0 spiro atoms. The zero-order valence-electron chi connectivity index (χ0n) is 14.0. The third-order valence-corrected chi connectivity index (χ3v) is 5.38. The number of benzene rings is 2. The van der Waals surface area contributed by atoms with E-state index in [-0.39, 0.29) is 0 Å². The average molecular weight is 303 g/mol. The summed E-state index contributed by atoms with van der Waals surface area (Å²) < 4.78 is 0. The van der Waals surface area contributed by atoms with E-state index in [1.807, 2.05) is 0 Å². The number of para-hydroxylation sites is 1. The van der Waals surface area contributed by atoms with Crippen molar-refractivity contribution in [3.8, 4) is 0 Å².